The first-order valence-electron chi connectivity index (χ1n) is 8.16. The Morgan fingerprint density at radius 2 is 1.77 bits per heavy atom. The second-order valence-electron chi connectivity index (χ2n) is 5.50. The summed E-state index contributed by atoms with van der Waals surface area (Å²) in [6, 6.07) is 17.1. The van der Waals surface area contributed by atoms with Gasteiger partial charge in [0.15, 0.2) is 6.61 Å². The maximum absolute atomic E-state index is 11.9. The zero-order valence-corrected chi connectivity index (χ0v) is 15.2. The first kappa shape index (κ1) is 17.9. The molecule has 0 aliphatic carbocycles. The van der Waals surface area contributed by atoms with Gasteiger partial charge in [0.25, 0.3) is 5.91 Å². The molecule has 0 spiro atoms. The van der Waals surface area contributed by atoms with Crippen molar-refractivity contribution in [2.75, 3.05) is 19.0 Å². The number of hydrogen-bond acceptors (Lipinski definition) is 6. The number of aryl methyl sites for hydroxylation is 2. The first-order valence-corrected chi connectivity index (χ1v) is 8.97. The van der Waals surface area contributed by atoms with Gasteiger partial charge in [0.1, 0.15) is 16.5 Å². The van der Waals surface area contributed by atoms with Crippen LogP contribution >= 0.6 is 11.3 Å². The van der Waals surface area contributed by atoms with E-state index in [1.54, 1.807) is 19.2 Å². The average Bonchev–Trinajstić information content (AvgIpc) is 3.13. The third kappa shape index (κ3) is 5.29. The van der Waals surface area contributed by atoms with Crippen molar-refractivity contribution >= 4 is 22.4 Å². The van der Waals surface area contributed by atoms with Crippen molar-refractivity contribution in [1.82, 2.24) is 10.2 Å². The average molecular weight is 369 g/mol. The van der Waals surface area contributed by atoms with Crippen molar-refractivity contribution < 1.29 is 14.3 Å². The Morgan fingerprint density at radius 1 is 1.00 bits per heavy atom. The number of rotatable bonds is 8. The van der Waals surface area contributed by atoms with E-state index in [9.17, 15) is 4.79 Å². The fraction of sp³-hybridized carbons (Fsp3) is 0.211. The van der Waals surface area contributed by atoms with E-state index in [0.717, 1.165) is 23.6 Å². The number of methoxy groups -OCH3 is 1. The van der Waals surface area contributed by atoms with Gasteiger partial charge in [-0.15, -0.1) is 10.2 Å². The molecule has 3 aromatic rings. The largest absolute Gasteiger partial charge is 0.497 e. The Bertz CT molecular complexity index is 835. The van der Waals surface area contributed by atoms with Crippen LogP contribution in [0.25, 0.3) is 0 Å². The van der Waals surface area contributed by atoms with Crippen LogP contribution in [0.15, 0.2) is 54.6 Å². The van der Waals surface area contributed by atoms with Gasteiger partial charge in [0, 0.05) is 6.42 Å². The maximum atomic E-state index is 11.9. The van der Waals surface area contributed by atoms with E-state index in [1.165, 1.54) is 16.9 Å². The molecule has 0 bridgehead atoms. The molecule has 0 fully saturated rings. The predicted molar refractivity (Wildman–Crippen MR) is 101 cm³/mol. The van der Waals surface area contributed by atoms with E-state index in [2.05, 4.69) is 15.5 Å². The Kier molecular flexibility index (Phi) is 6.16. The number of nitrogens with zero attached hydrogens (tertiary/aromatic N) is 2. The Hall–Kier alpha value is -2.93. The summed E-state index contributed by atoms with van der Waals surface area (Å²) in [7, 11) is 1.65. The number of hydrogen-bond donors (Lipinski definition) is 1. The third-order valence-electron chi connectivity index (χ3n) is 3.61. The van der Waals surface area contributed by atoms with Gasteiger partial charge in [0.2, 0.25) is 5.13 Å². The van der Waals surface area contributed by atoms with Crippen molar-refractivity contribution in [3.05, 3.63) is 65.2 Å². The molecule has 0 saturated heterocycles. The van der Waals surface area contributed by atoms with Crippen LogP contribution in [0.5, 0.6) is 11.5 Å². The molecule has 1 amide bonds. The normalized spacial score (nSPS) is 10.3. The maximum Gasteiger partial charge on any atom is 0.264 e. The van der Waals surface area contributed by atoms with Crippen LogP contribution in [0.2, 0.25) is 0 Å². The molecule has 2 aromatic carbocycles. The lowest BCUT2D eigenvalue weighted by atomic mass is 10.1. The molecular weight excluding hydrogens is 350 g/mol. The molecule has 6 nitrogen and oxygen atoms in total. The van der Waals surface area contributed by atoms with Crippen LogP contribution in [-0.4, -0.2) is 29.8 Å². The first-order chi connectivity index (χ1) is 12.7. The quantitative estimate of drug-likeness (QED) is 0.659. The Labute approximate surface area is 155 Å². The molecule has 3 rings (SSSR count). The summed E-state index contributed by atoms with van der Waals surface area (Å²) in [5.41, 5.74) is 1.20. The summed E-state index contributed by atoms with van der Waals surface area (Å²) >= 11 is 1.38. The minimum atomic E-state index is -0.258. The van der Waals surface area contributed by atoms with Gasteiger partial charge in [-0.3, -0.25) is 10.1 Å². The smallest absolute Gasteiger partial charge is 0.264 e. The SMILES string of the molecule is COc1ccc(CCc2nnc(NC(=O)COc3ccccc3)s2)cc1. The summed E-state index contributed by atoms with van der Waals surface area (Å²) < 4.78 is 10.6. The number of aromatic nitrogens is 2. The molecule has 1 aromatic heterocycles. The minimum Gasteiger partial charge on any atom is -0.497 e. The molecule has 134 valence electrons. The minimum absolute atomic E-state index is 0.0647. The zero-order chi connectivity index (χ0) is 18.2. The van der Waals surface area contributed by atoms with Crippen LogP contribution in [0.4, 0.5) is 5.13 Å². The highest BCUT2D eigenvalue weighted by molar-refractivity contribution is 7.15. The number of amides is 1. The summed E-state index contributed by atoms with van der Waals surface area (Å²) in [6.45, 7) is -0.0647. The molecular formula is C19H19N3O3S. The van der Waals surface area contributed by atoms with Gasteiger partial charge in [-0.2, -0.15) is 0 Å². The molecule has 1 N–H and O–H groups in total. The van der Waals surface area contributed by atoms with E-state index in [0.29, 0.717) is 10.9 Å². The molecule has 0 saturated carbocycles. The lowest BCUT2D eigenvalue weighted by molar-refractivity contribution is -0.118. The molecule has 7 heteroatoms. The van der Waals surface area contributed by atoms with E-state index in [1.807, 2.05) is 42.5 Å². The molecule has 26 heavy (non-hydrogen) atoms. The van der Waals surface area contributed by atoms with Crippen LogP contribution in [0.1, 0.15) is 10.6 Å². The number of nitrogens with one attached hydrogen (secondary N) is 1. The van der Waals surface area contributed by atoms with Gasteiger partial charge >= 0.3 is 0 Å². The van der Waals surface area contributed by atoms with Crippen molar-refractivity contribution in [3.8, 4) is 11.5 Å². The Morgan fingerprint density at radius 3 is 2.50 bits per heavy atom. The van der Waals surface area contributed by atoms with E-state index in [4.69, 9.17) is 9.47 Å². The number of ether oxygens (including phenoxy) is 2. The van der Waals surface area contributed by atoms with Crippen molar-refractivity contribution in [1.29, 1.82) is 0 Å². The summed E-state index contributed by atoms with van der Waals surface area (Å²) in [4.78, 5) is 11.9. The zero-order valence-electron chi connectivity index (χ0n) is 14.3. The van der Waals surface area contributed by atoms with E-state index < -0.39 is 0 Å². The van der Waals surface area contributed by atoms with E-state index in [-0.39, 0.29) is 12.5 Å². The predicted octanol–water partition coefficient (Wildman–Crippen LogP) is 3.35. The number of carbonyl (C=O) groups is 1. The highest BCUT2D eigenvalue weighted by atomic mass is 32.1. The molecule has 0 aliphatic rings. The fourth-order valence-electron chi connectivity index (χ4n) is 2.27. The molecule has 1 heterocycles. The lowest BCUT2D eigenvalue weighted by Gasteiger charge is -2.04. The topological polar surface area (TPSA) is 73.3 Å². The molecule has 0 unspecified atom stereocenters. The highest BCUT2D eigenvalue weighted by Crippen LogP contribution is 2.18. The number of para-hydroxylation sites is 1. The van der Waals surface area contributed by atoms with Gasteiger partial charge < -0.3 is 9.47 Å². The molecule has 0 atom stereocenters. The van der Waals surface area contributed by atoms with Crippen molar-refractivity contribution in [2.24, 2.45) is 0 Å². The van der Waals surface area contributed by atoms with Crippen molar-refractivity contribution in [3.63, 3.8) is 0 Å². The standard InChI is InChI=1S/C19H19N3O3S/c1-24-15-10-7-14(8-11-15)9-12-18-21-22-19(26-18)20-17(23)13-25-16-5-3-2-4-6-16/h2-8,10-11H,9,12-13H2,1H3,(H,20,22,23). The lowest BCUT2D eigenvalue weighted by Crippen LogP contribution is -2.20. The number of benzene rings is 2. The van der Waals surface area contributed by atoms with Crippen LogP contribution in [-0.2, 0) is 17.6 Å². The Balaban J connectivity index is 1.45. The number of anilines is 1. The van der Waals surface area contributed by atoms with Gasteiger partial charge in [0.05, 0.1) is 7.11 Å². The molecule has 0 aliphatic heterocycles. The summed E-state index contributed by atoms with van der Waals surface area (Å²) in [5, 5.41) is 12.2. The summed E-state index contributed by atoms with van der Waals surface area (Å²) in [6.07, 6.45) is 1.62. The van der Waals surface area contributed by atoms with Crippen LogP contribution in [0, 0.1) is 0 Å². The summed E-state index contributed by atoms with van der Waals surface area (Å²) in [5.74, 6) is 1.24. The van der Waals surface area contributed by atoms with Gasteiger partial charge in [-0.25, -0.2) is 0 Å². The second-order valence-corrected chi connectivity index (χ2v) is 6.56. The second kappa shape index (κ2) is 8.96. The molecule has 0 radical (unpaired) electrons. The monoisotopic (exact) mass is 369 g/mol. The fourth-order valence-corrected chi connectivity index (χ4v) is 3.03. The van der Waals surface area contributed by atoms with Crippen molar-refractivity contribution in [2.45, 2.75) is 12.8 Å². The van der Waals surface area contributed by atoms with Gasteiger partial charge in [-0.1, -0.05) is 41.7 Å². The van der Waals surface area contributed by atoms with E-state index >= 15 is 0 Å². The van der Waals surface area contributed by atoms with Gasteiger partial charge in [-0.05, 0) is 36.2 Å². The third-order valence-corrected chi connectivity index (χ3v) is 4.51. The van der Waals surface area contributed by atoms with Crippen LogP contribution in [0.3, 0.4) is 0 Å². The van der Waals surface area contributed by atoms with Crippen LogP contribution < -0.4 is 14.8 Å². The highest BCUT2D eigenvalue weighted by Gasteiger charge is 2.09. The number of carbonyl (C=O) groups excluding carboxylic acids is 1.